The van der Waals surface area contributed by atoms with E-state index in [1.165, 1.54) is 0 Å². The topological polar surface area (TPSA) is 75.4 Å². The zero-order valence-electron chi connectivity index (χ0n) is 10.8. The van der Waals surface area contributed by atoms with Crippen LogP contribution in [0.1, 0.15) is 24.8 Å². The van der Waals surface area contributed by atoms with E-state index in [9.17, 15) is 24.0 Å². The van der Waals surface area contributed by atoms with Crippen molar-refractivity contribution in [2.75, 3.05) is 6.61 Å². The molecule has 20 heavy (non-hydrogen) atoms. The lowest BCUT2D eigenvalue weighted by Gasteiger charge is -2.19. The Hall–Kier alpha value is -1.60. The summed E-state index contributed by atoms with van der Waals surface area (Å²) in [7, 11) is 0. The van der Waals surface area contributed by atoms with Crippen molar-refractivity contribution in [3.63, 3.8) is 0 Å². The molecule has 0 spiro atoms. The van der Waals surface area contributed by atoms with Crippen molar-refractivity contribution >= 4 is 5.69 Å². The molecule has 0 aliphatic heterocycles. The van der Waals surface area contributed by atoms with Gasteiger partial charge >= 0.3 is 5.69 Å². The molecule has 2 unspecified atom stereocenters. The number of benzene rings is 1. The number of nitrogens with zero attached hydrogens (tertiary/aromatic N) is 1. The summed E-state index contributed by atoms with van der Waals surface area (Å²) < 4.78 is 26.8. The molecule has 0 bridgehead atoms. The maximum atomic E-state index is 13.6. The van der Waals surface area contributed by atoms with E-state index in [2.05, 4.69) is 5.32 Å². The van der Waals surface area contributed by atoms with E-state index >= 15 is 0 Å². The lowest BCUT2D eigenvalue weighted by atomic mass is 10.0. The van der Waals surface area contributed by atoms with E-state index < -0.39 is 22.2 Å². The van der Waals surface area contributed by atoms with Crippen molar-refractivity contribution in [1.29, 1.82) is 0 Å². The van der Waals surface area contributed by atoms with Crippen molar-refractivity contribution in [2.45, 2.75) is 31.8 Å². The van der Waals surface area contributed by atoms with E-state index in [0.29, 0.717) is 6.07 Å². The highest BCUT2D eigenvalue weighted by molar-refractivity contribution is 5.37. The molecule has 110 valence electrons. The fourth-order valence-electron chi connectivity index (χ4n) is 2.62. The molecule has 2 N–H and O–H groups in total. The van der Waals surface area contributed by atoms with Crippen molar-refractivity contribution in [3.8, 4) is 0 Å². The Morgan fingerprint density at radius 3 is 2.75 bits per heavy atom. The molecule has 0 aromatic heterocycles. The minimum Gasteiger partial charge on any atom is -0.396 e. The Bertz CT molecular complexity index is 511. The van der Waals surface area contributed by atoms with Crippen molar-refractivity contribution < 1.29 is 18.8 Å². The predicted molar refractivity (Wildman–Crippen MR) is 68.1 cm³/mol. The Morgan fingerprint density at radius 1 is 1.35 bits per heavy atom. The monoisotopic (exact) mass is 286 g/mol. The molecule has 7 heteroatoms. The SMILES string of the molecule is O=[N+]([O-])c1cc(CNC2CCCC2CO)c(F)cc1F. The smallest absolute Gasteiger partial charge is 0.305 e. The van der Waals surface area contributed by atoms with Gasteiger partial charge in [-0.1, -0.05) is 6.42 Å². The van der Waals surface area contributed by atoms with Crippen LogP contribution in [0.25, 0.3) is 0 Å². The first kappa shape index (κ1) is 14.8. The Balaban J connectivity index is 2.09. The molecule has 5 nitrogen and oxygen atoms in total. The molecule has 0 heterocycles. The third-order valence-electron chi connectivity index (χ3n) is 3.76. The number of rotatable bonds is 5. The van der Waals surface area contributed by atoms with Crippen LogP contribution in [0.5, 0.6) is 0 Å². The Labute approximate surface area is 114 Å². The number of halogens is 2. The number of nitro benzene ring substituents is 1. The maximum absolute atomic E-state index is 13.6. The van der Waals surface area contributed by atoms with Crippen LogP contribution in [0.15, 0.2) is 12.1 Å². The highest BCUT2D eigenvalue weighted by Crippen LogP contribution is 2.26. The van der Waals surface area contributed by atoms with Gasteiger partial charge in [0.05, 0.1) is 4.92 Å². The molecule has 1 aromatic carbocycles. The zero-order valence-corrected chi connectivity index (χ0v) is 10.8. The summed E-state index contributed by atoms with van der Waals surface area (Å²) in [6, 6.07) is 1.51. The first-order valence-corrected chi connectivity index (χ1v) is 6.49. The highest BCUT2D eigenvalue weighted by atomic mass is 19.1. The quantitative estimate of drug-likeness (QED) is 0.642. The molecule has 2 atom stereocenters. The van der Waals surface area contributed by atoms with Gasteiger partial charge in [0.2, 0.25) is 5.82 Å². The average molecular weight is 286 g/mol. The third kappa shape index (κ3) is 3.10. The normalized spacial score (nSPS) is 22.1. The summed E-state index contributed by atoms with van der Waals surface area (Å²) in [5.41, 5.74) is -0.671. The van der Waals surface area contributed by atoms with Gasteiger partial charge in [-0.05, 0) is 18.8 Å². The molecule has 0 amide bonds. The van der Waals surface area contributed by atoms with Gasteiger partial charge in [-0.3, -0.25) is 10.1 Å². The second kappa shape index (κ2) is 6.23. The second-order valence-corrected chi connectivity index (χ2v) is 5.01. The van der Waals surface area contributed by atoms with Crippen LogP contribution in [0.4, 0.5) is 14.5 Å². The first-order chi connectivity index (χ1) is 9.52. The second-order valence-electron chi connectivity index (χ2n) is 5.01. The number of aliphatic hydroxyl groups excluding tert-OH is 1. The van der Waals surface area contributed by atoms with Crippen LogP contribution in [0.3, 0.4) is 0 Å². The lowest BCUT2D eigenvalue weighted by molar-refractivity contribution is -0.387. The van der Waals surface area contributed by atoms with Crippen LogP contribution < -0.4 is 5.32 Å². The summed E-state index contributed by atoms with van der Waals surface area (Å²) in [6.45, 7) is 0.137. The van der Waals surface area contributed by atoms with Crippen LogP contribution in [0.2, 0.25) is 0 Å². The van der Waals surface area contributed by atoms with Crippen molar-refractivity contribution in [2.24, 2.45) is 5.92 Å². The summed E-state index contributed by atoms with van der Waals surface area (Å²) in [5.74, 6) is -1.86. The Kier molecular flexibility index (Phi) is 4.61. The van der Waals surface area contributed by atoms with Gasteiger partial charge in [0, 0.05) is 36.9 Å². The summed E-state index contributed by atoms with van der Waals surface area (Å²) in [6.07, 6.45) is 2.76. The molecular formula is C13H16F2N2O3. The van der Waals surface area contributed by atoms with E-state index in [0.717, 1.165) is 25.3 Å². The van der Waals surface area contributed by atoms with Crippen LogP contribution in [0, 0.1) is 27.7 Å². The summed E-state index contributed by atoms with van der Waals surface area (Å²) >= 11 is 0. The van der Waals surface area contributed by atoms with Gasteiger partial charge in [0.15, 0.2) is 0 Å². The standard InChI is InChI=1S/C13H16F2N2O3/c14-10-5-11(15)13(17(19)20)4-9(10)6-16-12-3-1-2-8(12)7-18/h4-5,8,12,16,18H,1-3,6-7H2. The molecule has 1 saturated carbocycles. The van der Waals surface area contributed by atoms with Crippen LogP contribution in [-0.2, 0) is 6.54 Å². The van der Waals surface area contributed by atoms with E-state index in [4.69, 9.17) is 0 Å². The van der Waals surface area contributed by atoms with Crippen molar-refractivity contribution in [3.05, 3.63) is 39.4 Å². The lowest BCUT2D eigenvalue weighted by Crippen LogP contribution is -2.33. The van der Waals surface area contributed by atoms with Gasteiger partial charge in [0.1, 0.15) is 5.82 Å². The zero-order chi connectivity index (χ0) is 14.7. The van der Waals surface area contributed by atoms with Gasteiger partial charge in [-0.2, -0.15) is 4.39 Å². The van der Waals surface area contributed by atoms with E-state index in [1.807, 2.05) is 0 Å². The molecule has 0 radical (unpaired) electrons. The fourth-order valence-corrected chi connectivity index (χ4v) is 2.62. The molecule has 0 saturated heterocycles. The molecule has 1 aliphatic rings. The van der Waals surface area contributed by atoms with Gasteiger partial charge in [-0.25, -0.2) is 4.39 Å². The predicted octanol–water partition coefficient (Wildman–Crippen LogP) is 2.12. The number of nitro groups is 1. The van der Waals surface area contributed by atoms with Crippen LogP contribution >= 0.6 is 0 Å². The van der Waals surface area contributed by atoms with Gasteiger partial charge in [-0.15, -0.1) is 0 Å². The van der Waals surface area contributed by atoms with Crippen molar-refractivity contribution in [1.82, 2.24) is 5.32 Å². The minimum atomic E-state index is -1.18. The average Bonchev–Trinajstić information content (AvgIpc) is 2.84. The molecule has 1 aromatic rings. The number of nitrogens with one attached hydrogen (secondary N) is 1. The van der Waals surface area contributed by atoms with E-state index in [1.54, 1.807) is 0 Å². The molecular weight excluding hydrogens is 270 g/mol. The van der Waals surface area contributed by atoms with Gasteiger partial charge in [0.25, 0.3) is 0 Å². The largest absolute Gasteiger partial charge is 0.396 e. The number of hydrogen-bond donors (Lipinski definition) is 2. The van der Waals surface area contributed by atoms with E-state index in [-0.39, 0.29) is 30.7 Å². The van der Waals surface area contributed by atoms with Crippen LogP contribution in [-0.4, -0.2) is 22.7 Å². The first-order valence-electron chi connectivity index (χ1n) is 6.49. The third-order valence-corrected chi connectivity index (χ3v) is 3.76. The summed E-state index contributed by atoms with van der Waals surface area (Å²) in [4.78, 5) is 9.76. The molecule has 1 aliphatic carbocycles. The Morgan fingerprint density at radius 2 is 2.10 bits per heavy atom. The number of aliphatic hydroxyl groups is 1. The molecule has 1 fully saturated rings. The summed E-state index contributed by atoms with van der Waals surface area (Å²) in [5, 5.41) is 22.9. The number of hydrogen-bond acceptors (Lipinski definition) is 4. The minimum absolute atomic E-state index is 0.0571. The maximum Gasteiger partial charge on any atom is 0.305 e. The molecule has 2 rings (SSSR count). The fraction of sp³-hybridized carbons (Fsp3) is 0.538. The highest BCUT2D eigenvalue weighted by Gasteiger charge is 2.26. The van der Waals surface area contributed by atoms with Gasteiger partial charge < -0.3 is 10.4 Å².